The first-order valence-electron chi connectivity index (χ1n) is 10.0. The van der Waals surface area contributed by atoms with Crippen LogP contribution in [-0.2, 0) is 6.54 Å². The molecule has 1 aromatic carbocycles. The quantitative estimate of drug-likeness (QED) is 0.328. The third-order valence-corrected chi connectivity index (χ3v) is 4.70. The lowest BCUT2D eigenvalue weighted by Crippen LogP contribution is -2.53. The summed E-state index contributed by atoms with van der Waals surface area (Å²) >= 11 is 0. The van der Waals surface area contributed by atoms with E-state index in [1.807, 2.05) is 11.8 Å². The molecule has 1 amide bonds. The predicted octanol–water partition coefficient (Wildman–Crippen LogP) is 3.76. The average molecular weight is 566 g/mol. The van der Waals surface area contributed by atoms with Crippen LogP contribution >= 0.6 is 24.0 Å². The van der Waals surface area contributed by atoms with Crippen molar-refractivity contribution in [2.75, 3.05) is 39.3 Å². The molecule has 0 aliphatic carbocycles. The lowest BCUT2D eigenvalue weighted by atomic mass is 10.2. The summed E-state index contributed by atoms with van der Waals surface area (Å²) < 4.78 is 47.6. The first kappa shape index (κ1) is 25.8. The molecule has 2 heterocycles. The lowest BCUT2D eigenvalue weighted by molar-refractivity contribution is -0.153. The molecule has 2 aromatic rings. The van der Waals surface area contributed by atoms with Gasteiger partial charge in [-0.3, -0.25) is 4.79 Å². The Balaban J connectivity index is 0.00000363. The minimum atomic E-state index is -4.40. The van der Waals surface area contributed by atoms with Crippen LogP contribution in [0.4, 0.5) is 13.2 Å². The molecule has 1 fully saturated rings. The average Bonchev–Trinajstić information content (AvgIpc) is 3.30. The molecule has 3 rings (SSSR count). The number of amides is 1. The summed E-state index contributed by atoms with van der Waals surface area (Å²) in [6, 6.07) is 9.87. The normalized spacial score (nSPS) is 14.7. The summed E-state index contributed by atoms with van der Waals surface area (Å²) in [6.45, 7) is 3.56. The highest BCUT2D eigenvalue weighted by atomic mass is 127. The molecule has 0 bridgehead atoms. The van der Waals surface area contributed by atoms with Gasteiger partial charge in [0.15, 0.2) is 18.3 Å². The van der Waals surface area contributed by atoms with Gasteiger partial charge in [-0.15, -0.1) is 24.0 Å². The van der Waals surface area contributed by atoms with E-state index < -0.39 is 12.8 Å². The van der Waals surface area contributed by atoms with Crippen LogP contribution in [-0.4, -0.2) is 67.2 Å². The van der Waals surface area contributed by atoms with E-state index in [1.165, 1.54) is 12.3 Å². The monoisotopic (exact) mass is 566 g/mol. The molecule has 1 aliphatic rings. The number of hydrogen-bond acceptors (Lipinski definition) is 4. The van der Waals surface area contributed by atoms with E-state index in [0.29, 0.717) is 50.0 Å². The number of alkyl halides is 3. The third-order valence-electron chi connectivity index (χ3n) is 4.70. The van der Waals surface area contributed by atoms with Gasteiger partial charge in [0.2, 0.25) is 0 Å². The molecular formula is C21H26F3IN4O3. The highest BCUT2D eigenvalue weighted by molar-refractivity contribution is 14.0. The first-order chi connectivity index (χ1) is 14.9. The molecule has 32 heavy (non-hydrogen) atoms. The van der Waals surface area contributed by atoms with Gasteiger partial charge in [-0.1, -0.05) is 18.2 Å². The van der Waals surface area contributed by atoms with Crippen molar-refractivity contribution in [3.05, 3.63) is 54.0 Å². The van der Waals surface area contributed by atoms with E-state index >= 15 is 0 Å². The van der Waals surface area contributed by atoms with Gasteiger partial charge in [-0.25, -0.2) is 4.99 Å². The fraction of sp³-hybridized carbons (Fsp3) is 0.429. The van der Waals surface area contributed by atoms with Crippen LogP contribution in [0.25, 0.3) is 0 Å². The van der Waals surface area contributed by atoms with Crippen molar-refractivity contribution in [2.24, 2.45) is 4.99 Å². The van der Waals surface area contributed by atoms with E-state index in [1.54, 1.807) is 35.2 Å². The summed E-state index contributed by atoms with van der Waals surface area (Å²) in [5.74, 6) is 0.957. The minimum absolute atomic E-state index is 0. The zero-order valence-electron chi connectivity index (χ0n) is 17.6. The number of nitrogens with one attached hydrogen (secondary N) is 1. The summed E-state index contributed by atoms with van der Waals surface area (Å²) in [5, 5.41) is 3.20. The Labute approximate surface area is 201 Å². The van der Waals surface area contributed by atoms with Crippen molar-refractivity contribution in [3.8, 4) is 5.75 Å². The Morgan fingerprint density at radius 1 is 1.12 bits per heavy atom. The van der Waals surface area contributed by atoms with E-state index in [2.05, 4.69) is 10.3 Å². The van der Waals surface area contributed by atoms with Crippen molar-refractivity contribution in [1.29, 1.82) is 0 Å². The number of nitrogens with zero attached hydrogens (tertiary/aromatic N) is 3. The van der Waals surface area contributed by atoms with E-state index in [-0.39, 0.29) is 42.2 Å². The number of piperazine rings is 1. The number of para-hydroxylation sites is 1. The van der Waals surface area contributed by atoms with E-state index in [0.717, 1.165) is 0 Å². The Kier molecular flexibility index (Phi) is 9.66. The largest absolute Gasteiger partial charge is 0.484 e. The van der Waals surface area contributed by atoms with Gasteiger partial charge in [0, 0.05) is 38.3 Å². The smallest absolute Gasteiger partial charge is 0.422 e. The van der Waals surface area contributed by atoms with Crippen LogP contribution in [0.3, 0.4) is 0 Å². The SMILES string of the molecule is CCNC(=NCc1ccccc1OCC(F)(F)F)N1CCN(C(=O)c2ccco2)CC1.I. The standard InChI is InChI=1S/C21H25F3N4O3.HI/c1-2-25-20(26-14-16-6-3-4-7-17(16)31-15-21(22,23)24)28-11-9-27(10-12-28)19(29)18-8-5-13-30-18;/h3-8,13H,2,9-12,14-15H2,1H3,(H,25,26);1H. The van der Waals surface area contributed by atoms with Crippen LogP contribution in [0, 0.1) is 0 Å². The number of furan rings is 1. The number of rotatable bonds is 6. The van der Waals surface area contributed by atoms with Crippen molar-refractivity contribution in [1.82, 2.24) is 15.1 Å². The van der Waals surface area contributed by atoms with E-state index in [9.17, 15) is 18.0 Å². The number of carbonyl (C=O) groups is 1. The van der Waals surface area contributed by atoms with Gasteiger partial charge in [0.25, 0.3) is 5.91 Å². The Morgan fingerprint density at radius 3 is 2.44 bits per heavy atom. The molecule has 0 atom stereocenters. The molecule has 7 nitrogen and oxygen atoms in total. The van der Waals surface area contributed by atoms with E-state index in [4.69, 9.17) is 9.15 Å². The van der Waals surface area contributed by atoms with Crippen LogP contribution < -0.4 is 10.1 Å². The second kappa shape index (κ2) is 12.0. The predicted molar refractivity (Wildman–Crippen MR) is 124 cm³/mol. The number of halogens is 4. The molecule has 0 radical (unpaired) electrons. The molecule has 1 aromatic heterocycles. The maximum Gasteiger partial charge on any atom is 0.422 e. The second-order valence-electron chi connectivity index (χ2n) is 6.94. The third kappa shape index (κ3) is 7.31. The topological polar surface area (TPSA) is 70.3 Å². The summed E-state index contributed by atoms with van der Waals surface area (Å²) in [4.78, 5) is 20.7. The number of hydrogen-bond donors (Lipinski definition) is 1. The van der Waals surface area contributed by atoms with Gasteiger partial charge in [0.05, 0.1) is 12.8 Å². The van der Waals surface area contributed by atoms with Crippen LogP contribution in [0.2, 0.25) is 0 Å². The molecule has 0 saturated carbocycles. The van der Waals surface area contributed by atoms with Crippen molar-refractivity contribution < 1.29 is 27.1 Å². The van der Waals surface area contributed by atoms with Crippen LogP contribution in [0.15, 0.2) is 52.1 Å². The minimum Gasteiger partial charge on any atom is -0.484 e. The van der Waals surface area contributed by atoms with Gasteiger partial charge < -0.3 is 24.3 Å². The fourth-order valence-electron chi connectivity index (χ4n) is 3.20. The molecule has 1 saturated heterocycles. The van der Waals surface area contributed by atoms with Crippen molar-refractivity contribution >= 4 is 35.8 Å². The molecular weight excluding hydrogens is 540 g/mol. The maximum absolute atomic E-state index is 12.5. The molecule has 1 aliphatic heterocycles. The van der Waals surface area contributed by atoms with Crippen molar-refractivity contribution in [3.63, 3.8) is 0 Å². The summed E-state index contributed by atoms with van der Waals surface area (Å²) in [7, 11) is 0. The van der Waals surface area contributed by atoms with Gasteiger partial charge in [-0.05, 0) is 25.1 Å². The zero-order chi connectivity index (χ0) is 22.3. The number of carbonyl (C=O) groups excluding carboxylic acids is 1. The lowest BCUT2D eigenvalue weighted by Gasteiger charge is -2.36. The Morgan fingerprint density at radius 2 is 1.81 bits per heavy atom. The molecule has 1 N–H and O–H groups in total. The Hall–Kier alpha value is -2.44. The molecule has 11 heteroatoms. The number of benzene rings is 1. The highest BCUT2D eigenvalue weighted by Gasteiger charge is 2.29. The van der Waals surface area contributed by atoms with Crippen molar-refractivity contribution in [2.45, 2.75) is 19.6 Å². The van der Waals surface area contributed by atoms with Gasteiger partial charge >= 0.3 is 6.18 Å². The Bertz CT molecular complexity index is 883. The maximum atomic E-state index is 12.5. The number of ether oxygens (including phenoxy) is 1. The fourth-order valence-corrected chi connectivity index (χ4v) is 3.20. The van der Waals surface area contributed by atoms with Crippen LogP contribution in [0.1, 0.15) is 23.0 Å². The molecule has 0 spiro atoms. The highest BCUT2D eigenvalue weighted by Crippen LogP contribution is 2.23. The summed E-state index contributed by atoms with van der Waals surface area (Å²) in [6.07, 6.45) is -2.94. The zero-order valence-corrected chi connectivity index (χ0v) is 19.9. The second-order valence-corrected chi connectivity index (χ2v) is 6.94. The number of guanidine groups is 1. The van der Waals surface area contributed by atoms with Gasteiger partial charge in [-0.2, -0.15) is 13.2 Å². The first-order valence-corrected chi connectivity index (χ1v) is 10.0. The summed E-state index contributed by atoms with van der Waals surface area (Å²) in [5.41, 5.74) is 0.564. The van der Waals surface area contributed by atoms with Gasteiger partial charge in [0.1, 0.15) is 5.75 Å². The van der Waals surface area contributed by atoms with Crippen LogP contribution in [0.5, 0.6) is 5.75 Å². The molecule has 0 unspecified atom stereocenters. The molecule has 176 valence electrons. The number of aliphatic imine (C=N–C) groups is 1.